The molecule has 138 valence electrons. The Morgan fingerprint density at radius 1 is 1.36 bits per heavy atom. The Balaban J connectivity index is 1.69. The van der Waals surface area contributed by atoms with Crippen LogP contribution >= 0.6 is 0 Å². The Labute approximate surface area is 147 Å². The molecule has 1 N–H and O–H groups in total. The van der Waals surface area contributed by atoms with Gasteiger partial charge in [-0.25, -0.2) is 12.8 Å². The van der Waals surface area contributed by atoms with Crippen molar-refractivity contribution < 1.29 is 22.3 Å². The molecule has 1 aliphatic carbocycles. The molecule has 25 heavy (non-hydrogen) atoms. The van der Waals surface area contributed by atoms with Crippen LogP contribution in [0.4, 0.5) is 4.39 Å². The zero-order valence-electron chi connectivity index (χ0n) is 14.2. The van der Waals surface area contributed by atoms with Crippen LogP contribution in [0.1, 0.15) is 26.2 Å². The van der Waals surface area contributed by atoms with Gasteiger partial charge < -0.3 is 9.64 Å². The second-order valence-electron chi connectivity index (χ2n) is 6.72. The van der Waals surface area contributed by atoms with E-state index in [0.717, 1.165) is 25.3 Å². The van der Waals surface area contributed by atoms with E-state index in [1.807, 2.05) is 0 Å². The number of hydrogen-bond donors (Lipinski definition) is 1. The minimum Gasteiger partial charge on any atom is -0.381 e. The van der Waals surface area contributed by atoms with Gasteiger partial charge in [-0.05, 0) is 38.3 Å². The maximum absolute atomic E-state index is 13.8. The minimum atomic E-state index is -4.10. The molecule has 3 rings (SSSR count). The second-order valence-corrected chi connectivity index (χ2v) is 8.41. The summed E-state index contributed by atoms with van der Waals surface area (Å²) in [6.45, 7) is 3.41. The summed E-state index contributed by atoms with van der Waals surface area (Å²) in [5.74, 6) is -0.814. The number of ether oxygens (including phenoxy) is 1. The Morgan fingerprint density at radius 3 is 2.68 bits per heavy atom. The van der Waals surface area contributed by atoms with E-state index >= 15 is 0 Å². The molecule has 0 unspecified atom stereocenters. The standard InChI is InChI=1S/C17H23FN2O4S/c1-12(19-25(22,23)16-5-3-2-4-15(16)18)17(21)20(14-6-7-14)10-13-8-9-24-11-13/h2-5,12-14,19H,6-11H2,1H3/t12-,13-/m0/s1. The normalized spacial score (nSPS) is 21.9. The number of nitrogens with one attached hydrogen (secondary N) is 1. The van der Waals surface area contributed by atoms with Gasteiger partial charge in [-0.3, -0.25) is 4.79 Å². The van der Waals surface area contributed by atoms with Gasteiger partial charge in [0.1, 0.15) is 10.7 Å². The third-order valence-corrected chi connectivity index (χ3v) is 6.15. The Bertz CT molecular complexity index is 730. The SMILES string of the molecule is C[C@H](NS(=O)(=O)c1ccccc1F)C(=O)N(C[C@@H]1CCOC1)C1CC1. The summed E-state index contributed by atoms with van der Waals surface area (Å²) in [7, 11) is -4.10. The molecular formula is C17H23FN2O4S. The molecule has 0 bridgehead atoms. The van der Waals surface area contributed by atoms with Crippen molar-refractivity contribution in [3.05, 3.63) is 30.1 Å². The Hall–Kier alpha value is -1.51. The molecule has 2 atom stereocenters. The van der Waals surface area contributed by atoms with Crippen LogP contribution in [-0.2, 0) is 19.6 Å². The molecule has 8 heteroatoms. The number of sulfonamides is 1. The van der Waals surface area contributed by atoms with Crippen LogP contribution in [0.25, 0.3) is 0 Å². The van der Waals surface area contributed by atoms with Crippen LogP contribution in [0.15, 0.2) is 29.2 Å². The summed E-state index contributed by atoms with van der Waals surface area (Å²) in [4.78, 5) is 14.1. The van der Waals surface area contributed by atoms with E-state index in [2.05, 4.69) is 4.72 Å². The van der Waals surface area contributed by atoms with Gasteiger partial charge in [-0.15, -0.1) is 0 Å². The first-order valence-corrected chi connectivity index (χ1v) is 10.0. The predicted octanol–water partition coefficient (Wildman–Crippen LogP) is 1.52. The van der Waals surface area contributed by atoms with Gasteiger partial charge in [0.2, 0.25) is 15.9 Å². The van der Waals surface area contributed by atoms with Crippen LogP contribution in [0, 0.1) is 11.7 Å². The van der Waals surface area contributed by atoms with E-state index in [9.17, 15) is 17.6 Å². The van der Waals surface area contributed by atoms with E-state index in [1.165, 1.54) is 25.1 Å². The molecule has 2 fully saturated rings. The Kier molecular flexibility index (Phi) is 5.41. The third-order valence-electron chi connectivity index (χ3n) is 4.58. The highest BCUT2D eigenvalue weighted by molar-refractivity contribution is 7.89. The lowest BCUT2D eigenvalue weighted by Gasteiger charge is -2.28. The minimum absolute atomic E-state index is 0.175. The molecule has 1 amide bonds. The molecule has 0 spiro atoms. The highest BCUT2D eigenvalue weighted by Gasteiger charge is 2.37. The van der Waals surface area contributed by atoms with Crippen LogP contribution in [0.5, 0.6) is 0 Å². The molecule has 6 nitrogen and oxygen atoms in total. The van der Waals surface area contributed by atoms with E-state index in [1.54, 1.807) is 4.90 Å². The van der Waals surface area contributed by atoms with Gasteiger partial charge in [0.15, 0.2) is 0 Å². The van der Waals surface area contributed by atoms with E-state index < -0.39 is 26.8 Å². The van der Waals surface area contributed by atoms with Crippen molar-refractivity contribution >= 4 is 15.9 Å². The van der Waals surface area contributed by atoms with Crippen LogP contribution in [0.2, 0.25) is 0 Å². The molecule has 2 aliphatic rings. The maximum atomic E-state index is 13.8. The fourth-order valence-electron chi connectivity index (χ4n) is 3.07. The first-order valence-electron chi connectivity index (χ1n) is 8.53. The van der Waals surface area contributed by atoms with Crippen molar-refractivity contribution in [2.75, 3.05) is 19.8 Å². The zero-order valence-corrected chi connectivity index (χ0v) is 15.0. The number of carbonyl (C=O) groups is 1. The maximum Gasteiger partial charge on any atom is 0.244 e. The average Bonchev–Trinajstić information content (AvgIpc) is 3.28. The van der Waals surface area contributed by atoms with Crippen LogP contribution in [0.3, 0.4) is 0 Å². The molecule has 1 saturated carbocycles. The predicted molar refractivity (Wildman–Crippen MR) is 89.8 cm³/mol. The van der Waals surface area contributed by atoms with Crippen molar-refractivity contribution in [3.8, 4) is 0 Å². The first kappa shape index (κ1) is 18.3. The van der Waals surface area contributed by atoms with E-state index in [4.69, 9.17) is 4.74 Å². The quantitative estimate of drug-likeness (QED) is 0.790. The molecule has 1 saturated heterocycles. The second kappa shape index (κ2) is 7.39. The van der Waals surface area contributed by atoms with Gasteiger partial charge in [-0.1, -0.05) is 12.1 Å². The van der Waals surface area contributed by atoms with E-state index in [0.29, 0.717) is 25.7 Å². The fraction of sp³-hybridized carbons (Fsp3) is 0.588. The van der Waals surface area contributed by atoms with E-state index in [-0.39, 0.29) is 11.9 Å². The number of halogens is 1. The van der Waals surface area contributed by atoms with Crippen LogP contribution in [-0.4, -0.2) is 51.1 Å². The summed E-state index contributed by atoms with van der Waals surface area (Å²) < 4.78 is 46.2. The molecule has 1 aliphatic heterocycles. The topological polar surface area (TPSA) is 75.7 Å². The van der Waals surface area contributed by atoms with Crippen molar-refractivity contribution in [2.24, 2.45) is 5.92 Å². The first-order chi connectivity index (χ1) is 11.9. The summed E-state index contributed by atoms with van der Waals surface area (Å²) >= 11 is 0. The lowest BCUT2D eigenvalue weighted by Crippen LogP contribution is -2.49. The monoisotopic (exact) mass is 370 g/mol. The fourth-order valence-corrected chi connectivity index (χ4v) is 4.34. The number of rotatable bonds is 7. The number of benzene rings is 1. The molecule has 0 aromatic heterocycles. The lowest BCUT2D eigenvalue weighted by molar-refractivity contribution is -0.133. The average molecular weight is 370 g/mol. The number of hydrogen-bond acceptors (Lipinski definition) is 4. The smallest absolute Gasteiger partial charge is 0.244 e. The molecule has 1 aromatic carbocycles. The van der Waals surface area contributed by atoms with Crippen LogP contribution < -0.4 is 4.72 Å². The van der Waals surface area contributed by atoms with Crippen molar-refractivity contribution in [1.82, 2.24) is 9.62 Å². The Morgan fingerprint density at radius 2 is 2.08 bits per heavy atom. The third kappa shape index (κ3) is 4.37. The zero-order chi connectivity index (χ0) is 18.0. The van der Waals surface area contributed by atoms with Crippen molar-refractivity contribution in [2.45, 2.75) is 43.2 Å². The van der Waals surface area contributed by atoms with Gasteiger partial charge in [-0.2, -0.15) is 4.72 Å². The molecule has 1 heterocycles. The number of nitrogens with zero attached hydrogens (tertiary/aromatic N) is 1. The summed E-state index contributed by atoms with van der Waals surface area (Å²) in [5, 5.41) is 0. The van der Waals surface area contributed by atoms with Gasteiger partial charge in [0.25, 0.3) is 0 Å². The molecular weight excluding hydrogens is 347 g/mol. The van der Waals surface area contributed by atoms with Crippen molar-refractivity contribution in [1.29, 1.82) is 0 Å². The van der Waals surface area contributed by atoms with Gasteiger partial charge in [0, 0.05) is 25.1 Å². The number of amides is 1. The highest BCUT2D eigenvalue weighted by atomic mass is 32.2. The highest BCUT2D eigenvalue weighted by Crippen LogP contribution is 2.29. The molecule has 0 radical (unpaired) electrons. The van der Waals surface area contributed by atoms with Gasteiger partial charge in [0.05, 0.1) is 12.6 Å². The summed E-state index contributed by atoms with van der Waals surface area (Å²) in [6, 6.07) is 4.35. The number of carbonyl (C=O) groups excluding carboxylic acids is 1. The van der Waals surface area contributed by atoms with Gasteiger partial charge >= 0.3 is 0 Å². The summed E-state index contributed by atoms with van der Waals surface area (Å²) in [5.41, 5.74) is 0. The lowest BCUT2D eigenvalue weighted by atomic mass is 10.1. The summed E-state index contributed by atoms with van der Waals surface area (Å²) in [6.07, 6.45) is 2.78. The van der Waals surface area contributed by atoms with Crippen molar-refractivity contribution in [3.63, 3.8) is 0 Å². The largest absolute Gasteiger partial charge is 0.381 e. The molecule has 1 aromatic rings.